The molecule has 0 aromatic heterocycles. The van der Waals surface area contributed by atoms with E-state index in [1.54, 1.807) is 0 Å². The van der Waals surface area contributed by atoms with E-state index in [1.165, 1.54) is 6.92 Å². The maximum Gasteiger partial charge on any atom is 0.302 e. The van der Waals surface area contributed by atoms with E-state index in [0.29, 0.717) is 19.4 Å². The Balaban J connectivity index is 3.78. The number of hydrogen-bond donors (Lipinski definition) is 1. The summed E-state index contributed by atoms with van der Waals surface area (Å²) in [6.45, 7) is 1.67. The van der Waals surface area contributed by atoms with E-state index >= 15 is 0 Å². The summed E-state index contributed by atoms with van der Waals surface area (Å²) in [5, 5.41) is 10.6. The quantitative estimate of drug-likeness (QED) is 0.424. The Kier molecular flexibility index (Phi) is 6.74. The molecule has 0 radical (unpaired) electrons. The maximum absolute atomic E-state index is 10.6. The fourth-order valence-electron chi connectivity index (χ4n) is 1.02. The van der Waals surface area contributed by atoms with Crippen molar-refractivity contribution in [2.24, 2.45) is 11.7 Å². The molecule has 2 N–H and O–H groups in total. The number of carboxylic acids is 1. The van der Waals surface area contributed by atoms with Gasteiger partial charge in [0.25, 0.3) is 0 Å². The molecule has 0 heterocycles. The summed E-state index contributed by atoms with van der Waals surface area (Å²) in [5.41, 5.74) is 5.26. The van der Waals surface area contributed by atoms with Crippen LogP contribution in [0, 0.1) is 5.92 Å². The van der Waals surface area contributed by atoms with Crippen LogP contribution in [0.2, 0.25) is 0 Å². The van der Waals surface area contributed by atoms with Crippen molar-refractivity contribution in [3.05, 3.63) is 0 Å². The lowest BCUT2D eigenvalue weighted by molar-refractivity contribution is -0.312. The number of rotatable bonds is 7. The third-order valence-electron chi connectivity index (χ3n) is 1.83. The number of ether oxygens (including phenoxy) is 1. The number of carboxylic acid groups (broad SMARTS) is 1. The first-order chi connectivity index (χ1) is 6.57. The molecule has 0 saturated heterocycles. The van der Waals surface area contributed by atoms with Crippen molar-refractivity contribution in [1.82, 2.24) is 0 Å². The lowest BCUT2D eigenvalue weighted by atomic mass is 10.0. The number of carbonyl (C=O) groups is 2. The van der Waals surface area contributed by atoms with E-state index in [0.717, 1.165) is 6.42 Å². The lowest BCUT2D eigenvalue weighted by Gasteiger charge is -2.16. The summed E-state index contributed by atoms with van der Waals surface area (Å²) in [7, 11) is 0. The molecule has 0 spiro atoms. The minimum absolute atomic E-state index is 0.109. The lowest BCUT2D eigenvalue weighted by Crippen LogP contribution is -2.34. The molecule has 14 heavy (non-hydrogen) atoms. The van der Waals surface area contributed by atoms with Crippen LogP contribution in [-0.4, -0.2) is 25.1 Å². The molecule has 82 valence electrons. The Morgan fingerprint density at radius 1 is 1.43 bits per heavy atom. The molecule has 0 saturated carbocycles. The zero-order valence-corrected chi connectivity index (χ0v) is 8.32. The van der Waals surface area contributed by atoms with Crippen LogP contribution in [0.15, 0.2) is 0 Å². The molecule has 0 aliphatic rings. The van der Waals surface area contributed by atoms with Gasteiger partial charge in [-0.15, -0.1) is 0 Å². The van der Waals surface area contributed by atoms with Gasteiger partial charge in [-0.2, -0.15) is 0 Å². The summed E-state index contributed by atoms with van der Waals surface area (Å²) >= 11 is 0. The first kappa shape index (κ1) is 12.9. The second-order valence-corrected chi connectivity index (χ2v) is 3.10. The van der Waals surface area contributed by atoms with E-state index in [-0.39, 0.29) is 6.61 Å². The van der Waals surface area contributed by atoms with Gasteiger partial charge in [0.05, 0.1) is 6.61 Å². The van der Waals surface area contributed by atoms with E-state index in [2.05, 4.69) is 4.74 Å². The van der Waals surface area contributed by atoms with Gasteiger partial charge < -0.3 is 20.4 Å². The van der Waals surface area contributed by atoms with Gasteiger partial charge in [-0.3, -0.25) is 4.79 Å². The Labute approximate surface area is 83.2 Å². The molecule has 1 unspecified atom stereocenters. The molecule has 0 fully saturated rings. The molecule has 0 bridgehead atoms. The van der Waals surface area contributed by atoms with Crippen molar-refractivity contribution < 1.29 is 19.4 Å². The van der Waals surface area contributed by atoms with Crippen molar-refractivity contribution in [1.29, 1.82) is 0 Å². The number of carbonyl (C=O) groups excluding carboxylic acids is 2. The van der Waals surface area contributed by atoms with Crippen LogP contribution in [0.5, 0.6) is 0 Å². The first-order valence-corrected chi connectivity index (χ1v) is 4.62. The topological polar surface area (TPSA) is 92.5 Å². The summed E-state index contributed by atoms with van der Waals surface area (Å²) in [6.07, 6.45) is 1.91. The average molecular weight is 202 g/mol. The van der Waals surface area contributed by atoms with Gasteiger partial charge in [0.1, 0.15) is 0 Å². The Morgan fingerprint density at radius 2 is 2.07 bits per heavy atom. The highest BCUT2D eigenvalue weighted by molar-refractivity contribution is 5.69. The van der Waals surface area contributed by atoms with Gasteiger partial charge in [-0.05, 0) is 19.4 Å². The SMILES string of the molecule is CC(=O)OCC(CCCCN)C(=O)[O-]. The molecule has 1 atom stereocenters. The summed E-state index contributed by atoms with van der Waals surface area (Å²) < 4.78 is 4.60. The van der Waals surface area contributed by atoms with Crippen LogP contribution in [0.4, 0.5) is 0 Å². The molecule has 0 aliphatic carbocycles. The molecular formula is C9H16NO4-. The smallest absolute Gasteiger partial charge is 0.302 e. The number of hydrogen-bond acceptors (Lipinski definition) is 5. The molecule has 0 rings (SSSR count). The molecule has 5 nitrogen and oxygen atoms in total. The molecule has 0 aliphatic heterocycles. The van der Waals surface area contributed by atoms with Gasteiger partial charge in [0, 0.05) is 18.8 Å². The van der Waals surface area contributed by atoms with Crippen LogP contribution in [0.1, 0.15) is 26.2 Å². The average Bonchev–Trinajstić information content (AvgIpc) is 2.10. The van der Waals surface area contributed by atoms with E-state index in [9.17, 15) is 14.7 Å². The van der Waals surface area contributed by atoms with Crippen LogP contribution >= 0.6 is 0 Å². The van der Waals surface area contributed by atoms with Crippen LogP contribution in [-0.2, 0) is 14.3 Å². The highest BCUT2D eigenvalue weighted by atomic mass is 16.5. The van der Waals surface area contributed by atoms with Gasteiger partial charge in [-0.25, -0.2) is 0 Å². The fraction of sp³-hybridized carbons (Fsp3) is 0.778. The first-order valence-electron chi connectivity index (χ1n) is 4.62. The predicted octanol–water partition coefficient (Wildman–Crippen LogP) is -0.955. The van der Waals surface area contributed by atoms with Gasteiger partial charge in [-0.1, -0.05) is 6.42 Å². The minimum atomic E-state index is -1.18. The third kappa shape index (κ3) is 6.42. The number of unbranched alkanes of at least 4 members (excludes halogenated alkanes) is 1. The third-order valence-corrected chi connectivity index (χ3v) is 1.83. The number of aliphatic carboxylic acids is 1. The van der Waals surface area contributed by atoms with E-state index in [4.69, 9.17) is 5.73 Å². The second kappa shape index (κ2) is 7.32. The zero-order valence-electron chi connectivity index (χ0n) is 8.32. The summed E-state index contributed by atoms with van der Waals surface area (Å²) in [6, 6.07) is 0. The van der Waals surface area contributed by atoms with E-state index in [1.807, 2.05) is 0 Å². The summed E-state index contributed by atoms with van der Waals surface area (Å²) in [5.74, 6) is -2.37. The molecular weight excluding hydrogens is 186 g/mol. The molecule has 0 aromatic rings. The number of nitrogens with two attached hydrogens (primary N) is 1. The standard InChI is InChI=1S/C9H17NO4/c1-7(11)14-6-8(9(12)13)4-2-3-5-10/h8H,2-6,10H2,1H3,(H,12,13)/p-1. The van der Waals surface area contributed by atoms with Crippen LogP contribution in [0.25, 0.3) is 0 Å². The molecule has 5 heteroatoms. The van der Waals surface area contributed by atoms with Crippen molar-refractivity contribution in [3.8, 4) is 0 Å². The zero-order chi connectivity index (χ0) is 11.0. The predicted molar refractivity (Wildman–Crippen MR) is 48.0 cm³/mol. The minimum Gasteiger partial charge on any atom is -0.550 e. The molecule has 0 aromatic carbocycles. The van der Waals surface area contributed by atoms with Gasteiger partial charge in [0.2, 0.25) is 0 Å². The van der Waals surface area contributed by atoms with Crippen molar-refractivity contribution in [2.75, 3.05) is 13.2 Å². The maximum atomic E-state index is 10.6. The molecule has 0 amide bonds. The van der Waals surface area contributed by atoms with Crippen molar-refractivity contribution >= 4 is 11.9 Å². The van der Waals surface area contributed by atoms with Gasteiger partial charge in [0.15, 0.2) is 0 Å². The van der Waals surface area contributed by atoms with Crippen LogP contribution in [0.3, 0.4) is 0 Å². The van der Waals surface area contributed by atoms with E-state index < -0.39 is 17.9 Å². The summed E-state index contributed by atoms with van der Waals surface area (Å²) in [4.78, 5) is 21.0. The van der Waals surface area contributed by atoms with Gasteiger partial charge >= 0.3 is 5.97 Å². The largest absolute Gasteiger partial charge is 0.550 e. The van der Waals surface area contributed by atoms with Crippen LogP contribution < -0.4 is 10.8 Å². The fourth-order valence-corrected chi connectivity index (χ4v) is 1.02. The normalized spacial score (nSPS) is 12.1. The Bertz CT molecular complexity index is 193. The van der Waals surface area contributed by atoms with Crippen molar-refractivity contribution in [3.63, 3.8) is 0 Å². The highest BCUT2D eigenvalue weighted by Gasteiger charge is 2.11. The second-order valence-electron chi connectivity index (χ2n) is 3.10. The monoisotopic (exact) mass is 202 g/mol. The highest BCUT2D eigenvalue weighted by Crippen LogP contribution is 2.08. The van der Waals surface area contributed by atoms with Crippen molar-refractivity contribution in [2.45, 2.75) is 26.2 Å². The Hall–Kier alpha value is -1.10. The number of esters is 1. The Morgan fingerprint density at radius 3 is 2.50 bits per heavy atom.